The number of nitrogens with zero attached hydrogens (tertiary/aromatic N) is 3. The summed E-state index contributed by atoms with van der Waals surface area (Å²) in [5.74, 6) is -5.05. The SMILES string of the molecule is CCCc1ccc2c(OC3(C(=O)O)CCC3)c(C(N)=O)c(C(CCC(=O)O)C(=O)N3CCN(C(=O)OCC)CC3)nc2c1. The molecule has 2 fully saturated rings. The number of carboxylic acid groups (broad SMARTS) is 2. The second-order valence-electron chi connectivity index (χ2n) is 10.9. The van der Waals surface area contributed by atoms with Gasteiger partial charge in [-0.2, -0.15) is 0 Å². The van der Waals surface area contributed by atoms with Crippen molar-refractivity contribution >= 4 is 40.7 Å². The highest BCUT2D eigenvalue weighted by atomic mass is 16.6. The molecule has 1 atom stereocenters. The van der Waals surface area contributed by atoms with Crippen LogP contribution in [0.4, 0.5) is 4.79 Å². The standard InChI is InChI=1S/C30H38N4O9/c1-3-6-18-7-8-19-21(17-18)32-24(23(26(31)37)25(19)43-30(28(39)40)11-5-12-30)20(9-10-22(35)36)27(38)33-13-15-34(16-14-33)29(41)42-4-2/h7-8,17,20H,3-6,9-16H2,1-2H3,(H2,31,37)(H,35,36)(H,39,40). The highest BCUT2D eigenvalue weighted by Crippen LogP contribution is 2.43. The lowest BCUT2D eigenvalue weighted by atomic mass is 9.80. The van der Waals surface area contributed by atoms with Crippen molar-refractivity contribution in [2.75, 3.05) is 32.8 Å². The fourth-order valence-corrected chi connectivity index (χ4v) is 5.58. The topological polar surface area (TPSA) is 190 Å². The van der Waals surface area contributed by atoms with Gasteiger partial charge in [-0.05, 0) is 56.7 Å². The molecule has 0 bridgehead atoms. The molecule has 1 aromatic heterocycles. The van der Waals surface area contributed by atoms with Crippen LogP contribution >= 0.6 is 0 Å². The quantitative estimate of drug-likeness (QED) is 0.327. The van der Waals surface area contributed by atoms with E-state index in [9.17, 15) is 34.2 Å². The lowest BCUT2D eigenvalue weighted by molar-refractivity contribution is -0.163. The van der Waals surface area contributed by atoms with Gasteiger partial charge in [0.1, 0.15) is 11.3 Å². The highest BCUT2D eigenvalue weighted by molar-refractivity contribution is 6.05. The van der Waals surface area contributed by atoms with E-state index in [4.69, 9.17) is 20.2 Å². The average Bonchev–Trinajstić information content (AvgIpc) is 2.94. The molecule has 1 aromatic carbocycles. The minimum atomic E-state index is -1.57. The molecule has 13 heteroatoms. The van der Waals surface area contributed by atoms with Gasteiger partial charge in [-0.25, -0.2) is 9.59 Å². The van der Waals surface area contributed by atoms with Crippen molar-refractivity contribution in [3.8, 4) is 5.75 Å². The second kappa shape index (κ2) is 13.3. The molecule has 4 rings (SSSR count). The maximum Gasteiger partial charge on any atom is 0.409 e. The van der Waals surface area contributed by atoms with Crippen LogP contribution in [0, 0.1) is 0 Å². The minimum Gasteiger partial charge on any atom is -0.481 e. The molecule has 232 valence electrons. The Kier molecular flexibility index (Phi) is 9.72. The van der Waals surface area contributed by atoms with Crippen LogP contribution in [-0.2, 0) is 25.5 Å². The number of piperazine rings is 1. The lowest BCUT2D eigenvalue weighted by Crippen LogP contribution is -2.52. The summed E-state index contributed by atoms with van der Waals surface area (Å²) in [5.41, 5.74) is 5.34. The second-order valence-corrected chi connectivity index (χ2v) is 10.9. The number of ether oxygens (including phenoxy) is 2. The summed E-state index contributed by atoms with van der Waals surface area (Å²) in [6.07, 6.45) is 1.56. The zero-order valence-electron chi connectivity index (χ0n) is 24.5. The van der Waals surface area contributed by atoms with Gasteiger partial charge < -0.3 is 35.2 Å². The zero-order chi connectivity index (χ0) is 31.3. The van der Waals surface area contributed by atoms with E-state index < -0.39 is 47.8 Å². The van der Waals surface area contributed by atoms with Crippen molar-refractivity contribution in [2.45, 2.75) is 70.3 Å². The summed E-state index contributed by atoms with van der Waals surface area (Å²) in [4.78, 5) is 70.9. The number of nitrogens with two attached hydrogens (primary N) is 1. The van der Waals surface area contributed by atoms with Gasteiger partial charge >= 0.3 is 18.0 Å². The van der Waals surface area contributed by atoms with E-state index >= 15 is 0 Å². The Morgan fingerprint density at radius 2 is 1.72 bits per heavy atom. The number of pyridine rings is 1. The molecule has 0 radical (unpaired) electrons. The molecule has 2 aliphatic rings. The van der Waals surface area contributed by atoms with Gasteiger partial charge in [0.15, 0.2) is 0 Å². The zero-order valence-corrected chi connectivity index (χ0v) is 24.5. The van der Waals surface area contributed by atoms with Gasteiger partial charge in [-0.3, -0.25) is 19.4 Å². The van der Waals surface area contributed by atoms with Crippen LogP contribution in [0.3, 0.4) is 0 Å². The number of aryl methyl sites for hydroxylation is 1. The summed E-state index contributed by atoms with van der Waals surface area (Å²) in [6, 6.07) is 5.34. The lowest BCUT2D eigenvalue weighted by Gasteiger charge is -2.39. The molecule has 2 aromatic rings. The van der Waals surface area contributed by atoms with E-state index in [2.05, 4.69) is 0 Å². The summed E-state index contributed by atoms with van der Waals surface area (Å²) in [6.45, 7) is 4.67. The van der Waals surface area contributed by atoms with E-state index in [1.807, 2.05) is 13.0 Å². The third-order valence-corrected chi connectivity index (χ3v) is 8.06. The maximum absolute atomic E-state index is 14.0. The van der Waals surface area contributed by atoms with Gasteiger partial charge in [0.05, 0.1) is 23.7 Å². The van der Waals surface area contributed by atoms with Crippen LogP contribution in [-0.4, -0.2) is 93.2 Å². The number of amides is 3. The Hall–Kier alpha value is -4.42. The molecule has 1 saturated carbocycles. The Morgan fingerprint density at radius 1 is 1.05 bits per heavy atom. The molecule has 1 saturated heterocycles. The van der Waals surface area contributed by atoms with Crippen LogP contribution in [0.25, 0.3) is 10.9 Å². The van der Waals surface area contributed by atoms with Crippen LogP contribution in [0.5, 0.6) is 5.75 Å². The van der Waals surface area contributed by atoms with Gasteiger partial charge in [0.25, 0.3) is 5.91 Å². The molecule has 2 heterocycles. The van der Waals surface area contributed by atoms with Crippen molar-refractivity contribution in [2.24, 2.45) is 5.73 Å². The number of benzene rings is 1. The number of aromatic nitrogens is 1. The minimum absolute atomic E-state index is 0.0532. The van der Waals surface area contributed by atoms with Crippen molar-refractivity contribution in [3.05, 3.63) is 35.0 Å². The average molecular weight is 599 g/mol. The number of primary amides is 1. The van der Waals surface area contributed by atoms with Gasteiger partial charge in [0.2, 0.25) is 11.5 Å². The number of carboxylic acids is 2. The van der Waals surface area contributed by atoms with E-state index in [0.29, 0.717) is 17.3 Å². The first kappa shape index (κ1) is 31.5. The van der Waals surface area contributed by atoms with Gasteiger partial charge in [-0.1, -0.05) is 19.4 Å². The normalized spacial score (nSPS) is 16.7. The predicted octanol–water partition coefficient (Wildman–Crippen LogP) is 2.92. The molecule has 3 amide bonds. The molecule has 1 aliphatic heterocycles. The van der Waals surface area contributed by atoms with E-state index in [1.165, 1.54) is 9.80 Å². The Morgan fingerprint density at radius 3 is 2.26 bits per heavy atom. The van der Waals surface area contributed by atoms with Gasteiger partial charge in [0, 0.05) is 38.0 Å². The number of hydrogen-bond donors (Lipinski definition) is 3. The van der Waals surface area contributed by atoms with E-state index in [1.54, 1.807) is 19.1 Å². The van der Waals surface area contributed by atoms with E-state index in [-0.39, 0.29) is 69.1 Å². The Labute approximate surface area is 248 Å². The summed E-state index contributed by atoms with van der Waals surface area (Å²) in [7, 11) is 0. The van der Waals surface area contributed by atoms with Crippen molar-refractivity contribution in [3.63, 3.8) is 0 Å². The fourth-order valence-electron chi connectivity index (χ4n) is 5.58. The number of carbonyl (C=O) groups excluding carboxylic acids is 3. The van der Waals surface area contributed by atoms with Crippen molar-refractivity contribution in [1.29, 1.82) is 0 Å². The largest absolute Gasteiger partial charge is 0.481 e. The molecule has 43 heavy (non-hydrogen) atoms. The van der Waals surface area contributed by atoms with Gasteiger partial charge in [-0.15, -0.1) is 0 Å². The number of carbonyl (C=O) groups is 5. The number of fused-ring (bicyclic) bond motifs is 1. The number of hydrogen-bond acceptors (Lipinski definition) is 8. The molecule has 4 N–H and O–H groups in total. The Bertz CT molecular complexity index is 1410. The van der Waals surface area contributed by atoms with E-state index in [0.717, 1.165) is 18.4 Å². The fraction of sp³-hybridized carbons (Fsp3) is 0.533. The van der Waals surface area contributed by atoms with Crippen LogP contribution in [0.15, 0.2) is 18.2 Å². The first-order chi connectivity index (χ1) is 20.5. The predicted molar refractivity (Wildman–Crippen MR) is 154 cm³/mol. The number of aliphatic carboxylic acids is 2. The highest BCUT2D eigenvalue weighted by Gasteiger charge is 2.48. The summed E-state index contributed by atoms with van der Waals surface area (Å²) in [5, 5.41) is 19.9. The van der Waals surface area contributed by atoms with Crippen LogP contribution in [0.2, 0.25) is 0 Å². The first-order valence-corrected chi connectivity index (χ1v) is 14.6. The van der Waals surface area contributed by atoms with Crippen molar-refractivity contribution < 1.29 is 43.7 Å². The third-order valence-electron chi connectivity index (χ3n) is 8.06. The van der Waals surface area contributed by atoms with Crippen molar-refractivity contribution in [1.82, 2.24) is 14.8 Å². The molecule has 1 unspecified atom stereocenters. The monoisotopic (exact) mass is 598 g/mol. The molecular weight excluding hydrogens is 560 g/mol. The summed E-state index contributed by atoms with van der Waals surface area (Å²) >= 11 is 0. The third kappa shape index (κ3) is 6.65. The Balaban J connectivity index is 1.84. The smallest absolute Gasteiger partial charge is 0.409 e. The molecule has 1 aliphatic carbocycles. The maximum atomic E-state index is 14.0. The summed E-state index contributed by atoms with van der Waals surface area (Å²) < 4.78 is 11.2. The molecule has 0 spiro atoms. The molecular formula is C30H38N4O9. The first-order valence-electron chi connectivity index (χ1n) is 14.6. The molecule has 13 nitrogen and oxygen atoms in total. The number of rotatable bonds is 12. The van der Waals surface area contributed by atoms with Crippen LogP contribution < -0.4 is 10.5 Å². The van der Waals surface area contributed by atoms with Crippen LogP contribution in [0.1, 0.15) is 79.9 Å².